The molecule has 0 spiro atoms. The molecule has 0 unspecified atom stereocenters. The molecule has 0 saturated heterocycles. The Hall–Kier alpha value is -1.42. The van der Waals surface area contributed by atoms with E-state index in [1.165, 1.54) is 19.2 Å². The Morgan fingerprint density at radius 2 is 2.29 bits per heavy atom. The summed E-state index contributed by atoms with van der Waals surface area (Å²) in [5, 5.41) is 0. The van der Waals surface area contributed by atoms with Gasteiger partial charge in [0.25, 0.3) is 0 Å². The molecule has 3 nitrogen and oxygen atoms in total. The average molecular weight is 197 g/mol. The largest absolute Gasteiger partial charge is 0.494 e. The molecule has 1 aromatic carbocycles. The summed E-state index contributed by atoms with van der Waals surface area (Å²) in [5.74, 6) is -0.557. The molecule has 0 amide bonds. The van der Waals surface area contributed by atoms with Crippen LogP contribution >= 0.6 is 0 Å². The summed E-state index contributed by atoms with van der Waals surface area (Å²) in [6.07, 6.45) is 0.228. The summed E-state index contributed by atoms with van der Waals surface area (Å²) in [6, 6.07) is 4.12. The zero-order valence-corrected chi connectivity index (χ0v) is 7.92. The summed E-state index contributed by atoms with van der Waals surface area (Å²) in [7, 11) is 1.37. The van der Waals surface area contributed by atoms with E-state index in [1.807, 2.05) is 0 Å². The number of halogens is 1. The first-order valence-corrected chi connectivity index (χ1v) is 4.26. The van der Waals surface area contributed by atoms with Crippen LogP contribution in [-0.4, -0.2) is 19.4 Å². The van der Waals surface area contributed by atoms with Crippen LogP contribution in [-0.2, 0) is 0 Å². The van der Waals surface area contributed by atoms with E-state index in [2.05, 4.69) is 0 Å². The Morgan fingerprint density at radius 1 is 1.57 bits per heavy atom. The maximum absolute atomic E-state index is 13.1. The Bertz CT molecular complexity index is 339. The highest BCUT2D eigenvalue weighted by Gasteiger charge is 2.08. The Morgan fingerprint density at radius 3 is 2.79 bits per heavy atom. The first-order valence-electron chi connectivity index (χ1n) is 4.26. The van der Waals surface area contributed by atoms with Gasteiger partial charge in [-0.15, -0.1) is 0 Å². The van der Waals surface area contributed by atoms with E-state index in [0.29, 0.717) is 5.56 Å². The molecule has 1 aromatic rings. The fourth-order valence-electron chi connectivity index (χ4n) is 1.12. The second-order valence-corrected chi connectivity index (χ2v) is 2.81. The lowest BCUT2D eigenvalue weighted by Crippen LogP contribution is -2.08. The van der Waals surface area contributed by atoms with Gasteiger partial charge in [-0.25, -0.2) is 4.39 Å². The molecule has 0 saturated carbocycles. The highest BCUT2D eigenvalue weighted by atomic mass is 19.1. The minimum atomic E-state index is -0.532. The van der Waals surface area contributed by atoms with Gasteiger partial charge in [-0.2, -0.15) is 0 Å². The predicted molar refractivity (Wildman–Crippen MR) is 51.0 cm³/mol. The molecule has 76 valence electrons. The van der Waals surface area contributed by atoms with E-state index in [1.54, 1.807) is 0 Å². The number of hydrogen-bond acceptors (Lipinski definition) is 3. The Labute approximate surface area is 81.7 Å². The van der Waals surface area contributed by atoms with Crippen LogP contribution in [0.5, 0.6) is 5.75 Å². The van der Waals surface area contributed by atoms with Crippen molar-refractivity contribution in [3.05, 3.63) is 29.6 Å². The van der Waals surface area contributed by atoms with Crippen molar-refractivity contribution < 1.29 is 13.9 Å². The van der Waals surface area contributed by atoms with Gasteiger partial charge < -0.3 is 10.5 Å². The highest BCUT2D eigenvalue weighted by molar-refractivity contribution is 5.96. The summed E-state index contributed by atoms with van der Waals surface area (Å²) in [6.45, 7) is 0.270. The second-order valence-electron chi connectivity index (χ2n) is 2.81. The van der Waals surface area contributed by atoms with Gasteiger partial charge in [0.15, 0.2) is 17.3 Å². The number of methoxy groups -OCH3 is 1. The highest BCUT2D eigenvalue weighted by Crippen LogP contribution is 2.18. The van der Waals surface area contributed by atoms with Crippen molar-refractivity contribution in [3.63, 3.8) is 0 Å². The van der Waals surface area contributed by atoms with Crippen LogP contribution in [0.25, 0.3) is 0 Å². The third-order valence-corrected chi connectivity index (χ3v) is 1.85. The second kappa shape index (κ2) is 4.72. The Kier molecular flexibility index (Phi) is 3.59. The third kappa shape index (κ3) is 2.29. The molecule has 2 N–H and O–H groups in total. The van der Waals surface area contributed by atoms with Crippen LogP contribution in [0.4, 0.5) is 4.39 Å². The SMILES string of the molecule is COc1ccc(C(=O)CCN)cc1F. The molecule has 0 aliphatic rings. The molecular weight excluding hydrogens is 185 g/mol. The van der Waals surface area contributed by atoms with Gasteiger partial charge in [0.1, 0.15) is 0 Å². The molecule has 0 heterocycles. The molecular formula is C10H12FNO2. The molecule has 0 aliphatic carbocycles. The van der Waals surface area contributed by atoms with Crippen LogP contribution in [0.2, 0.25) is 0 Å². The maximum Gasteiger partial charge on any atom is 0.165 e. The summed E-state index contributed by atoms with van der Waals surface area (Å²) >= 11 is 0. The Balaban J connectivity index is 2.91. The zero-order valence-electron chi connectivity index (χ0n) is 7.92. The molecule has 4 heteroatoms. The number of carbonyl (C=O) groups excluding carboxylic acids is 1. The molecule has 0 bridgehead atoms. The topological polar surface area (TPSA) is 52.3 Å². The van der Waals surface area contributed by atoms with E-state index in [9.17, 15) is 9.18 Å². The van der Waals surface area contributed by atoms with Crippen molar-refractivity contribution in [2.45, 2.75) is 6.42 Å². The van der Waals surface area contributed by atoms with Crippen LogP contribution in [0.1, 0.15) is 16.8 Å². The van der Waals surface area contributed by atoms with Crippen molar-refractivity contribution in [2.75, 3.05) is 13.7 Å². The molecule has 1 rings (SSSR count). The predicted octanol–water partition coefficient (Wildman–Crippen LogP) is 1.37. The minimum Gasteiger partial charge on any atom is -0.494 e. The standard InChI is InChI=1S/C10H12FNO2/c1-14-10-3-2-7(6-8(10)11)9(13)4-5-12/h2-3,6H,4-5,12H2,1H3. The number of hydrogen-bond donors (Lipinski definition) is 1. The molecule has 0 radical (unpaired) electrons. The van der Waals surface area contributed by atoms with Crippen LogP contribution in [0.3, 0.4) is 0 Å². The summed E-state index contributed by atoms with van der Waals surface area (Å²) < 4.78 is 17.9. The fourth-order valence-corrected chi connectivity index (χ4v) is 1.12. The van der Waals surface area contributed by atoms with E-state index in [-0.39, 0.29) is 24.5 Å². The van der Waals surface area contributed by atoms with E-state index in [4.69, 9.17) is 10.5 Å². The molecule has 14 heavy (non-hydrogen) atoms. The van der Waals surface area contributed by atoms with Gasteiger partial charge in [-0.1, -0.05) is 0 Å². The van der Waals surface area contributed by atoms with Crippen LogP contribution in [0.15, 0.2) is 18.2 Å². The lowest BCUT2D eigenvalue weighted by Gasteiger charge is -2.03. The summed E-state index contributed by atoms with van der Waals surface area (Å²) in [4.78, 5) is 11.3. The number of ether oxygens (including phenoxy) is 1. The van der Waals surface area contributed by atoms with Crippen molar-refractivity contribution in [1.29, 1.82) is 0 Å². The number of carbonyl (C=O) groups is 1. The van der Waals surface area contributed by atoms with Gasteiger partial charge in [-0.3, -0.25) is 4.79 Å². The number of Topliss-reactive ketones (excluding diaryl/α,β-unsaturated/α-hetero) is 1. The van der Waals surface area contributed by atoms with Gasteiger partial charge in [0, 0.05) is 12.0 Å². The van der Waals surface area contributed by atoms with Gasteiger partial charge in [0.2, 0.25) is 0 Å². The van der Waals surface area contributed by atoms with Gasteiger partial charge in [0.05, 0.1) is 7.11 Å². The lowest BCUT2D eigenvalue weighted by molar-refractivity contribution is 0.0985. The maximum atomic E-state index is 13.1. The van der Waals surface area contributed by atoms with E-state index < -0.39 is 5.82 Å². The molecule has 0 atom stereocenters. The summed E-state index contributed by atoms with van der Waals surface area (Å²) in [5.41, 5.74) is 5.55. The first-order chi connectivity index (χ1) is 6.69. The number of rotatable bonds is 4. The average Bonchev–Trinajstić information content (AvgIpc) is 2.18. The zero-order chi connectivity index (χ0) is 10.6. The van der Waals surface area contributed by atoms with Crippen molar-refractivity contribution >= 4 is 5.78 Å². The number of benzene rings is 1. The normalized spacial score (nSPS) is 9.93. The smallest absolute Gasteiger partial charge is 0.165 e. The number of ketones is 1. The quantitative estimate of drug-likeness (QED) is 0.741. The molecule has 0 fully saturated rings. The number of nitrogens with two attached hydrogens (primary N) is 1. The van der Waals surface area contributed by atoms with E-state index >= 15 is 0 Å². The first kappa shape index (κ1) is 10.7. The fraction of sp³-hybridized carbons (Fsp3) is 0.300. The molecule has 0 aliphatic heterocycles. The van der Waals surface area contributed by atoms with Crippen LogP contribution < -0.4 is 10.5 Å². The van der Waals surface area contributed by atoms with Gasteiger partial charge >= 0.3 is 0 Å². The van der Waals surface area contributed by atoms with Gasteiger partial charge in [-0.05, 0) is 24.7 Å². The minimum absolute atomic E-state index is 0.134. The third-order valence-electron chi connectivity index (χ3n) is 1.85. The lowest BCUT2D eigenvalue weighted by atomic mass is 10.1. The van der Waals surface area contributed by atoms with Crippen molar-refractivity contribution in [1.82, 2.24) is 0 Å². The van der Waals surface area contributed by atoms with Crippen molar-refractivity contribution in [3.8, 4) is 5.75 Å². The van der Waals surface area contributed by atoms with Crippen molar-refractivity contribution in [2.24, 2.45) is 5.73 Å². The molecule has 0 aromatic heterocycles. The monoisotopic (exact) mass is 197 g/mol. The van der Waals surface area contributed by atoms with E-state index in [0.717, 1.165) is 6.07 Å². The van der Waals surface area contributed by atoms with Crippen LogP contribution in [0, 0.1) is 5.82 Å².